The number of benzene rings is 3. The number of fused-ring (bicyclic) bond motifs is 1. The van der Waals surface area contributed by atoms with Crippen molar-refractivity contribution in [2.24, 2.45) is 0 Å². The number of nitrogens with zero attached hydrogens (tertiary/aromatic N) is 3. The van der Waals surface area contributed by atoms with E-state index in [0.29, 0.717) is 19.0 Å². The van der Waals surface area contributed by atoms with Crippen LogP contribution in [0.25, 0.3) is 10.8 Å². The fraction of sp³-hybridized carbons (Fsp3) is 0.355. The summed E-state index contributed by atoms with van der Waals surface area (Å²) in [5, 5.41) is 7.29. The average molecular weight is 516 g/mol. The molecule has 1 saturated heterocycles. The molecule has 1 aromatic heterocycles. The highest BCUT2D eigenvalue weighted by molar-refractivity contribution is 6.30. The third-order valence-electron chi connectivity index (χ3n) is 7.43. The number of methoxy groups -OCH3 is 1. The van der Waals surface area contributed by atoms with Gasteiger partial charge in [-0.1, -0.05) is 54.1 Å². The van der Waals surface area contributed by atoms with Crippen molar-refractivity contribution in [3.05, 3.63) is 105 Å². The number of unbranched alkanes of at least 4 members (excludes halogenated alkanes) is 1. The van der Waals surface area contributed by atoms with Gasteiger partial charge in [0, 0.05) is 22.9 Å². The average Bonchev–Trinajstić information content (AvgIpc) is 3.37. The van der Waals surface area contributed by atoms with Crippen molar-refractivity contribution in [3.63, 3.8) is 0 Å². The van der Waals surface area contributed by atoms with Gasteiger partial charge in [-0.3, -0.25) is 9.69 Å². The van der Waals surface area contributed by atoms with Crippen molar-refractivity contribution in [1.29, 1.82) is 0 Å². The number of hydrogen-bond donors (Lipinski definition) is 0. The highest BCUT2D eigenvalue weighted by Crippen LogP contribution is 2.22. The Kier molecular flexibility index (Phi) is 8.22. The second kappa shape index (κ2) is 11.9. The van der Waals surface area contributed by atoms with E-state index < -0.39 is 0 Å². The van der Waals surface area contributed by atoms with E-state index in [0.717, 1.165) is 71.6 Å². The predicted octanol–water partition coefficient (Wildman–Crippen LogP) is 6.14. The molecule has 192 valence electrons. The zero-order chi connectivity index (χ0) is 25.6. The Morgan fingerprint density at radius 2 is 1.68 bits per heavy atom. The topological polar surface area (TPSA) is 47.4 Å². The Morgan fingerprint density at radius 1 is 0.946 bits per heavy atom. The summed E-state index contributed by atoms with van der Waals surface area (Å²) in [6, 6.07) is 24.4. The first-order valence-electron chi connectivity index (χ1n) is 13.2. The van der Waals surface area contributed by atoms with Gasteiger partial charge in [-0.2, -0.15) is 5.10 Å². The van der Waals surface area contributed by atoms with Crippen LogP contribution >= 0.6 is 11.6 Å². The molecule has 0 unspecified atom stereocenters. The maximum atomic E-state index is 13.4. The molecule has 5 nitrogen and oxygen atoms in total. The molecule has 1 aliphatic heterocycles. The van der Waals surface area contributed by atoms with Crippen molar-refractivity contribution in [2.75, 3.05) is 20.2 Å². The number of aromatic nitrogens is 2. The molecule has 0 amide bonds. The molecule has 0 N–H and O–H groups in total. The maximum Gasteiger partial charge on any atom is 0.274 e. The molecule has 1 fully saturated rings. The summed E-state index contributed by atoms with van der Waals surface area (Å²) in [5.74, 6) is 0.900. The minimum absolute atomic E-state index is 0.00168. The monoisotopic (exact) mass is 515 g/mol. The van der Waals surface area contributed by atoms with Crippen LogP contribution in [0, 0.1) is 0 Å². The third-order valence-corrected chi connectivity index (χ3v) is 7.68. The second-order valence-corrected chi connectivity index (χ2v) is 10.4. The van der Waals surface area contributed by atoms with Crippen LogP contribution in [-0.2, 0) is 19.4 Å². The van der Waals surface area contributed by atoms with Gasteiger partial charge >= 0.3 is 0 Å². The highest BCUT2D eigenvalue weighted by Gasteiger charge is 2.25. The van der Waals surface area contributed by atoms with E-state index in [1.165, 1.54) is 12.0 Å². The van der Waals surface area contributed by atoms with Crippen molar-refractivity contribution in [3.8, 4) is 5.75 Å². The molecule has 6 heteroatoms. The molecule has 5 rings (SSSR count). The quantitative estimate of drug-likeness (QED) is 0.238. The molecule has 0 spiro atoms. The lowest BCUT2D eigenvalue weighted by Gasteiger charge is -2.25. The van der Waals surface area contributed by atoms with Gasteiger partial charge in [0.25, 0.3) is 5.56 Å². The molecular formula is C31H34ClN3O2. The van der Waals surface area contributed by atoms with Gasteiger partial charge in [-0.05, 0) is 86.7 Å². The molecule has 1 aliphatic rings. The SMILES string of the molecule is COc1ccc(CCCCN2CCC[C@H]2Cn2nc(Cc3ccc(Cl)cc3)c3ccccc3c2=O)cc1. The van der Waals surface area contributed by atoms with E-state index in [2.05, 4.69) is 17.0 Å². The molecule has 0 aliphatic carbocycles. The largest absolute Gasteiger partial charge is 0.497 e. The standard InChI is InChI=1S/C31H34ClN3O2/c1-37-27-17-13-23(14-18-27)7-4-5-19-34-20-6-8-26(34)22-35-31(36)29-10-3-2-9-28(29)30(33-35)21-24-11-15-25(32)16-12-24/h2-3,9-18,26H,4-8,19-22H2,1H3/t26-/m0/s1. The maximum absolute atomic E-state index is 13.4. The summed E-state index contributed by atoms with van der Waals surface area (Å²) in [6.07, 6.45) is 6.30. The van der Waals surface area contributed by atoms with E-state index in [9.17, 15) is 4.79 Å². The van der Waals surface area contributed by atoms with Crippen LogP contribution in [0.5, 0.6) is 5.75 Å². The third kappa shape index (κ3) is 6.23. The van der Waals surface area contributed by atoms with Crippen LogP contribution in [-0.4, -0.2) is 40.9 Å². The molecular weight excluding hydrogens is 482 g/mol. The first-order chi connectivity index (χ1) is 18.1. The lowest BCUT2D eigenvalue weighted by atomic mass is 10.0. The minimum atomic E-state index is 0.00168. The molecule has 0 saturated carbocycles. The van der Waals surface area contributed by atoms with E-state index in [1.807, 2.05) is 60.7 Å². The predicted molar refractivity (Wildman–Crippen MR) is 151 cm³/mol. The van der Waals surface area contributed by atoms with Crippen LogP contribution in [0.2, 0.25) is 5.02 Å². The Bertz CT molecular complexity index is 1380. The number of ether oxygens (including phenoxy) is 1. The minimum Gasteiger partial charge on any atom is -0.497 e. The van der Waals surface area contributed by atoms with Gasteiger partial charge in [0.1, 0.15) is 5.75 Å². The Hall–Kier alpha value is -3.15. The van der Waals surface area contributed by atoms with Gasteiger partial charge < -0.3 is 4.74 Å². The number of halogens is 1. The molecule has 0 radical (unpaired) electrons. The van der Waals surface area contributed by atoms with Crippen LogP contribution in [0.4, 0.5) is 0 Å². The van der Waals surface area contributed by atoms with E-state index >= 15 is 0 Å². The summed E-state index contributed by atoms with van der Waals surface area (Å²) in [7, 11) is 1.70. The van der Waals surface area contributed by atoms with Gasteiger partial charge in [0.2, 0.25) is 0 Å². The molecule has 2 heterocycles. The Labute approximate surface area is 223 Å². The summed E-state index contributed by atoms with van der Waals surface area (Å²) in [4.78, 5) is 15.9. The summed E-state index contributed by atoms with van der Waals surface area (Å²) in [6.45, 7) is 2.78. The number of hydrogen-bond acceptors (Lipinski definition) is 4. The lowest BCUT2D eigenvalue weighted by molar-refractivity contribution is 0.221. The first-order valence-corrected chi connectivity index (χ1v) is 13.6. The molecule has 37 heavy (non-hydrogen) atoms. The molecule has 0 bridgehead atoms. The van der Waals surface area contributed by atoms with Crippen molar-refractivity contribution in [1.82, 2.24) is 14.7 Å². The molecule has 1 atom stereocenters. The van der Waals surface area contributed by atoms with Crippen LogP contribution in [0.1, 0.15) is 42.5 Å². The van der Waals surface area contributed by atoms with Crippen molar-refractivity contribution < 1.29 is 4.74 Å². The van der Waals surface area contributed by atoms with Crippen molar-refractivity contribution >= 4 is 22.4 Å². The lowest BCUT2D eigenvalue weighted by Crippen LogP contribution is -2.38. The summed E-state index contributed by atoms with van der Waals surface area (Å²) in [5.41, 5.74) is 3.41. The normalized spacial score (nSPS) is 15.9. The smallest absolute Gasteiger partial charge is 0.274 e. The first kappa shape index (κ1) is 25.5. The van der Waals surface area contributed by atoms with E-state index in [1.54, 1.807) is 11.8 Å². The number of rotatable bonds is 10. The Morgan fingerprint density at radius 3 is 2.43 bits per heavy atom. The fourth-order valence-corrected chi connectivity index (χ4v) is 5.51. The highest BCUT2D eigenvalue weighted by atomic mass is 35.5. The van der Waals surface area contributed by atoms with E-state index in [4.69, 9.17) is 21.4 Å². The molecule has 4 aromatic rings. The molecule has 3 aromatic carbocycles. The fourth-order valence-electron chi connectivity index (χ4n) is 5.39. The van der Waals surface area contributed by atoms with Crippen LogP contribution < -0.4 is 10.3 Å². The summed E-state index contributed by atoms with van der Waals surface area (Å²) < 4.78 is 6.97. The summed E-state index contributed by atoms with van der Waals surface area (Å²) >= 11 is 6.08. The number of aryl methyl sites for hydroxylation is 1. The van der Waals surface area contributed by atoms with Crippen molar-refractivity contribution in [2.45, 2.75) is 51.1 Å². The second-order valence-electron chi connectivity index (χ2n) is 9.92. The van der Waals surface area contributed by atoms with E-state index in [-0.39, 0.29) is 5.56 Å². The van der Waals surface area contributed by atoms with Crippen LogP contribution in [0.3, 0.4) is 0 Å². The van der Waals surface area contributed by atoms with Gasteiger partial charge in [-0.25, -0.2) is 4.68 Å². The zero-order valence-corrected chi connectivity index (χ0v) is 22.2. The van der Waals surface area contributed by atoms with Gasteiger partial charge in [-0.15, -0.1) is 0 Å². The van der Waals surface area contributed by atoms with Gasteiger partial charge in [0.15, 0.2) is 0 Å². The number of likely N-dealkylation sites (tertiary alicyclic amines) is 1. The van der Waals surface area contributed by atoms with Gasteiger partial charge in [0.05, 0.1) is 24.7 Å². The zero-order valence-electron chi connectivity index (χ0n) is 21.4. The van der Waals surface area contributed by atoms with Crippen LogP contribution in [0.15, 0.2) is 77.6 Å². The Balaban J connectivity index is 1.27.